The van der Waals surface area contributed by atoms with E-state index in [0.29, 0.717) is 41.4 Å². The van der Waals surface area contributed by atoms with Crippen LogP contribution in [0, 0.1) is 0 Å². The maximum absolute atomic E-state index is 12.6. The molecule has 0 fully saturated rings. The zero-order valence-corrected chi connectivity index (χ0v) is 20.5. The lowest BCUT2D eigenvalue weighted by molar-refractivity contribution is 0.0728. The van der Waals surface area contributed by atoms with Gasteiger partial charge in [0.1, 0.15) is 5.75 Å². The summed E-state index contributed by atoms with van der Waals surface area (Å²) in [7, 11) is 0. The fourth-order valence-corrected chi connectivity index (χ4v) is 3.12. The smallest absolute Gasteiger partial charge is 0.343 e. The summed E-state index contributed by atoms with van der Waals surface area (Å²) in [4.78, 5) is 24.8. The molecule has 176 valence electrons. The van der Waals surface area contributed by atoms with Crippen LogP contribution in [0.15, 0.2) is 76.3 Å². The Labute approximate surface area is 206 Å². The van der Waals surface area contributed by atoms with Gasteiger partial charge in [-0.15, -0.1) is 0 Å². The van der Waals surface area contributed by atoms with Gasteiger partial charge in [-0.05, 0) is 85.6 Å². The van der Waals surface area contributed by atoms with Crippen molar-refractivity contribution < 1.29 is 23.8 Å². The predicted octanol–water partition coefficient (Wildman–Crippen LogP) is 5.62. The van der Waals surface area contributed by atoms with Crippen LogP contribution >= 0.6 is 15.9 Å². The molecule has 0 heterocycles. The van der Waals surface area contributed by atoms with Gasteiger partial charge in [0.25, 0.3) is 5.91 Å². The first kappa shape index (κ1) is 25.0. The normalized spacial score (nSPS) is 10.7. The number of rotatable bonds is 10. The summed E-state index contributed by atoms with van der Waals surface area (Å²) in [5.41, 5.74) is 4.03. The highest BCUT2D eigenvalue weighted by Crippen LogP contribution is 2.29. The number of benzene rings is 3. The summed E-state index contributed by atoms with van der Waals surface area (Å²) < 4.78 is 17.6. The van der Waals surface area contributed by atoms with Crippen molar-refractivity contribution in [2.45, 2.75) is 20.3 Å². The van der Waals surface area contributed by atoms with Crippen molar-refractivity contribution in [3.05, 3.63) is 87.9 Å². The summed E-state index contributed by atoms with van der Waals surface area (Å²) >= 11 is 3.33. The molecule has 1 amide bonds. The van der Waals surface area contributed by atoms with Crippen LogP contribution in [0.2, 0.25) is 0 Å². The highest BCUT2D eigenvalue weighted by molar-refractivity contribution is 9.10. The zero-order chi connectivity index (χ0) is 24.3. The van der Waals surface area contributed by atoms with E-state index in [9.17, 15) is 9.59 Å². The summed E-state index contributed by atoms with van der Waals surface area (Å²) in [6.07, 6.45) is 2.39. The van der Waals surface area contributed by atoms with E-state index in [0.717, 1.165) is 10.9 Å². The molecule has 7 nitrogen and oxygen atoms in total. The second-order valence-electron chi connectivity index (χ2n) is 7.11. The van der Waals surface area contributed by atoms with Crippen LogP contribution in [0.5, 0.6) is 17.2 Å². The van der Waals surface area contributed by atoms with Crippen molar-refractivity contribution in [2.75, 3.05) is 13.2 Å². The highest BCUT2D eigenvalue weighted by atomic mass is 79.9. The molecule has 0 unspecified atom stereocenters. The van der Waals surface area contributed by atoms with Crippen LogP contribution in [-0.4, -0.2) is 31.3 Å². The SMILES string of the molecule is CCCOc1ccc(C(=O)Oc2ccc(C=NNC(=O)c3ccc(Br)cc3)cc2OCC)cc1. The van der Waals surface area contributed by atoms with Crippen molar-refractivity contribution in [3.8, 4) is 17.2 Å². The fourth-order valence-electron chi connectivity index (χ4n) is 2.85. The largest absolute Gasteiger partial charge is 0.494 e. The number of halogens is 1. The lowest BCUT2D eigenvalue weighted by Gasteiger charge is -2.12. The van der Waals surface area contributed by atoms with Gasteiger partial charge in [0.15, 0.2) is 11.5 Å². The van der Waals surface area contributed by atoms with Crippen LogP contribution in [-0.2, 0) is 0 Å². The molecule has 0 atom stereocenters. The highest BCUT2D eigenvalue weighted by Gasteiger charge is 2.13. The first-order chi connectivity index (χ1) is 16.5. The number of hydrazone groups is 1. The molecule has 8 heteroatoms. The Balaban J connectivity index is 1.66. The molecular weight excluding hydrogens is 500 g/mol. The molecule has 0 bridgehead atoms. The third kappa shape index (κ3) is 7.18. The molecule has 3 aromatic carbocycles. The van der Waals surface area contributed by atoms with Crippen molar-refractivity contribution >= 4 is 34.0 Å². The van der Waals surface area contributed by atoms with Gasteiger partial charge in [-0.25, -0.2) is 10.2 Å². The van der Waals surface area contributed by atoms with E-state index in [-0.39, 0.29) is 11.7 Å². The second kappa shape index (κ2) is 12.6. The Morgan fingerprint density at radius 2 is 1.62 bits per heavy atom. The minimum absolute atomic E-state index is 0.286. The number of ether oxygens (including phenoxy) is 3. The van der Waals surface area contributed by atoms with Crippen molar-refractivity contribution in [1.29, 1.82) is 0 Å². The third-order valence-electron chi connectivity index (χ3n) is 4.52. The summed E-state index contributed by atoms with van der Waals surface area (Å²) in [5, 5.41) is 4.00. The molecule has 0 saturated carbocycles. The summed E-state index contributed by atoms with van der Waals surface area (Å²) in [5.74, 6) is 0.539. The molecule has 0 saturated heterocycles. The Morgan fingerprint density at radius 1 is 0.912 bits per heavy atom. The Hall–Kier alpha value is -3.65. The number of amides is 1. The van der Waals surface area contributed by atoms with E-state index in [2.05, 4.69) is 26.5 Å². The Bertz CT molecular complexity index is 1140. The third-order valence-corrected chi connectivity index (χ3v) is 5.05. The number of hydrogen-bond donors (Lipinski definition) is 1. The van der Waals surface area contributed by atoms with Gasteiger partial charge in [0, 0.05) is 10.0 Å². The minimum atomic E-state index is -0.508. The van der Waals surface area contributed by atoms with Gasteiger partial charge in [-0.3, -0.25) is 4.79 Å². The first-order valence-corrected chi connectivity index (χ1v) is 11.6. The zero-order valence-electron chi connectivity index (χ0n) is 18.9. The van der Waals surface area contributed by atoms with Gasteiger partial charge in [-0.2, -0.15) is 5.10 Å². The number of carbonyl (C=O) groups is 2. The molecule has 1 N–H and O–H groups in total. The molecular formula is C26H25BrN2O5. The van der Waals surface area contributed by atoms with Gasteiger partial charge in [0.05, 0.1) is 25.0 Å². The van der Waals surface area contributed by atoms with Gasteiger partial charge < -0.3 is 14.2 Å². The van der Waals surface area contributed by atoms with E-state index >= 15 is 0 Å². The molecule has 0 aliphatic carbocycles. The average molecular weight is 525 g/mol. The van der Waals surface area contributed by atoms with Crippen LogP contribution in [0.25, 0.3) is 0 Å². The first-order valence-electron chi connectivity index (χ1n) is 10.8. The maximum atomic E-state index is 12.6. The van der Waals surface area contributed by atoms with Crippen LogP contribution in [0.4, 0.5) is 0 Å². The molecule has 0 radical (unpaired) electrons. The predicted molar refractivity (Wildman–Crippen MR) is 134 cm³/mol. The van der Waals surface area contributed by atoms with Gasteiger partial charge in [-0.1, -0.05) is 22.9 Å². The van der Waals surface area contributed by atoms with Crippen LogP contribution < -0.4 is 19.6 Å². The molecule has 34 heavy (non-hydrogen) atoms. The molecule has 0 aliphatic rings. The van der Waals surface area contributed by atoms with Gasteiger partial charge in [0.2, 0.25) is 0 Å². The molecule has 0 aromatic heterocycles. The van der Waals surface area contributed by atoms with Crippen molar-refractivity contribution in [1.82, 2.24) is 5.43 Å². The topological polar surface area (TPSA) is 86.2 Å². The lowest BCUT2D eigenvalue weighted by Crippen LogP contribution is -2.17. The van der Waals surface area contributed by atoms with Crippen molar-refractivity contribution in [3.63, 3.8) is 0 Å². The molecule has 3 rings (SSSR count). The minimum Gasteiger partial charge on any atom is -0.494 e. The number of nitrogens with one attached hydrogen (secondary N) is 1. The van der Waals surface area contributed by atoms with E-state index in [1.165, 1.54) is 6.21 Å². The fraction of sp³-hybridized carbons (Fsp3) is 0.192. The monoisotopic (exact) mass is 524 g/mol. The van der Waals surface area contributed by atoms with Gasteiger partial charge >= 0.3 is 5.97 Å². The standard InChI is InChI=1S/C26H25BrN2O5/c1-3-15-33-22-12-8-20(9-13-22)26(31)34-23-14-5-18(16-24(23)32-4-2)17-28-29-25(30)19-6-10-21(27)11-7-19/h5-14,16-17H,3-4,15H2,1-2H3,(H,29,30). The molecule has 3 aromatic rings. The number of nitrogens with zero attached hydrogens (tertiary/aromatic N) is 1. The van der Waals surface area contributed by atoms with Crippen molar-refractivity contribution in [2.24, 2.45) is 5.10 Å². The van der Waals surface area contributed by atoms with E-state index in [1.54, 1.807) is 66.7 Å². The van der Waals surface area contributed by atoms with E-state index in [4.69, 9.17) is 14.2 Å². The average Bonchev–Trinajstić information content (AvgIpc) is 2.85. The molecule has 0 spiro atoms. The summed E-state index contributed by atoms with van der Waals surface area (Å²) in [6.45, 7) is 4.86. The number of hydrogen-bond acceptors (Lipinski definition) is 6. The van der Waals surface area contributed by atoms with E-state index in [1.807, 2.05) is 13.8 Å². The molecule has 0 aliphatic heterocycles. The summed E-state index contributed by atoms with van der Waals surface area (Å²) in [6, 6.07) is 18.7. The lowest BCUT2D eigenvalue weighted by atomic mass is 10.2. The second-order valence-corrected chi connectivity index (χ2v) is 8.02. The number of carbonyl (C=O) groups excluding carboxylic acids is 2. The Kier molecular flexibility index (Phi) is 9.22. The maximum Gasteiger partial charge on any atom is 0.343 e. The Morgan fingerprint density at radius 3 is 2.29 bits per heavy atom. The van der Waals surface area contributed by atoms with E-state index < -0.39 is 5.97 Å². The van der Waals surface area contributed by atoms with Crippen LogP contribution in [0.3, 0.4) is 0 Å². The quantitative estimate of drug-likeness (QED) is 0.161. The number of esters is 1. The van der Waals surface area contributed by atoms with Crippen LogP contribution in [0.1, 0.15) is 46.5 Å².